The van der Waals surface area contributed by atoms with Gasteiger partial charge in [-0.25, -0.2) is 0 Å². The van der Waals surface area contributed by atoms with E-state index in [0.717, 1.165) is 10.0 Å². The molecule has 6 nitrogen and oxygen atoms in total. The maximum absolute atomic E-state index is 12.6. The molecule has 2 amide bonds. The first-order chi connectivity index (χ1) is 12.6. The number of hydrogen-bond donors (Lipinski definition) is 2. The lowest BCUT2D eigenvalue weighted by molar-refractivity contribution is -0.118. The smallest absolute Gasteiger partial charge is 0.291 e. The molecule has 0 radical (unpaired) electrons. The van der Waals surface area contributed by atoms with Gasteiger partial charge in [0.05, 0.1) is 19.1 Å². The van der Waals surface area contributed by atoms with Crippen molar-refractivity contribution in [3.63, 3.8) is 0 Å². The predicted molar refractivity (Wildman–Crippen MR) is 98.8 cm³/mol. The van der Waals surface area contributed by atoms with Gasteiger partial charge in [-0.1, -0.05) is 28.1 Å². The van der Waals surface area contributed by atoms with Gasteiger partial charge in [0.1, 0.15) is 11.5 Å². The molecule has 0 bridgehead atoms. The van der Waals surface area contributed by atoms with E-state index in [1.54, 1.807) is 24.3 Å². The molecule has 0 atom stereocenters. The molecule has 2 heterocycles. The van der Waals surface area contributed by atoms with Crippen molar-refractivity contribution in [2.75, 3.05) is 0 Å². The highest BCUT2D eigenvalue weighted by molar-refractivity contribution is 9.10. The van der Waals surface area contributed by atoms with Crippen LogP contribution in [0.1, 0.15) is 21.9 Å². The van der Waals surface area contributed by atoms with Crippen molar-refractivity contribution in [1.29, 1.82) is 0 Å². The third kappa shape index (κ3) is 4.73. The minimum atomic E-state index is -0.510. The van der Waals surface area contributed by atoms with Crippen LogP contribution in [0.3, 0.4) is 0 Å². The van der Waals surface area contributed by atoms with Gasteiger partial charge in [0.25, 0.3) is 11.8 Å². The van der Waals surface area contributed by atoms with Gasteiger partial charge >= 0.3 is 0 Å². The topological polar surface area (TPSA) is 84.5 Å². The Kier molecular flexibility index (Phi) is 5.70. The Bertz CT molecular complexity index is 915. The van der Waals surface area contributed by atoms with Gasteiger partial charge in [0, 0.05) is 4.47 Å². The number of carbonyl (C=O) groups is 2. The predicted octanol–water partition coefficient (Wildman–Crippen LogP) is 3.72. The summed E-state index contributed by atoms with van der Waals surface area (Å²) in [4.78, 5) is 24.8. The average Bonchev–Trinajstić information content (AvgIpc) is 3.32. The molecule has 1 aromatic carbocycles. The highest BCUT2D eigenvalue weighted by atomic mass is 79.9. The van der Waals surface area contributed by atoms with E-state index in [-0.39, 0.29) is 18.0 Å². The number of rotatable bonds is 6. The summed E-state index contributed by atoms with van der Waals surface area (Å²) in [6, 6.07) is 14.0. The number of nitrogens with one attached hydrogen (secondary N) is 2. The average molecular weight is 415 g/mol. The fourth-order valence-electron chi connectivity index (χ4n) is 2.19. The molecule has 0 aliphatic heterocycles. The standard InChI is InChI=1S/C19H15BrN2O4/c20-14-5-1-4-13(10-14)11-16(22-19(24)17-7-3-9-26-17)18(23)21-12-15-6-2-8-25-15/h1-11H,12H2,(H,21,23)(H,22,24)/b16-11-. The second kappa shape index (κ2) is 8.35. The van der Waals surface area contributed by atoms with Crippen molar-refractivity contribution in [3.05, 3.63) is 88.3 Å². The molecule has 0 unspecified atom stereocenters. The molecule has 132 valence electrons. The van der Waals surface area contributed by atoms with E-state index in [9.17, 15) is 9.59 Å². The highest BCUT2D eigenvalue weighted by Crippen LogP contribution is 2.14. The molecule has 2 aromatic heterocycles. The molecule has 0 saturated heterocycles. The Hall–Kier alpha value is -3.06. The van der Waals surface area contributed by atoms with Crippen molar-refractivity contribution in [2.24, 2.45) is 0 Å². The van der Waals surface area contributed by atoms with Gasteiger partial charge in [0.2, 0.25) is 0 Å². The molecule has 0 saturated carbocycles. The normalized spacial score (nSPS) is 11.2. The lowest BCUT2D eigenvalue weighted by Gasteiger charge is -2.10. The van der Waals surface area contributed by atoms with Crippen LogP contribution in [0.15, 0.2) is 80.1 Å². The Morgan fingerprint density at radius 2 is 1.85 bits per heavy atom. The first-order valence-electron chi connectivity index (χ1n) is 7.74. The maximum atomic E-state index is 12.6. The van der Waals surface area contributed by atoms with Crippen molar-refractivity contribution >= 4 is 33.8 Å². The molecule has 3 rings (SSSR count). The first-order valence-corrected chi connectivity index (χ1v) is 8.54. The third-order valence-electron chi connectivity index (χ3n) is 3.40. The van der Waals surface area contributed by atoms with Crippen LogP contribution in [0.4, 0.5) is 0 Å². The van der Waals surface area contributed by atoms with Crippen LogP contribution in [-0.4, -0.2) is 11.8 Å². The van der Waals surface area contributed by atoms with Crippen LogP contribution in [0.2, 0.25) is 0 Å². The van der Waals surface area contributed by atoms with Gasteiger partial charge in [-0.05, 0) is 48.0 Å². The first kappa shape index (κ1) is 17.8. The van der Waals surface area contributed by atoms with Crippen LogP contribution in [0.5, 0.6) is 0 Å². The largest absolute Gasteiger partial charge is 0.467 e. The number of hydrogen-bond acceptors (Lipinski definition) is 4. The summed E-state index contributed by atoms with van der Waals surface area (Å²) in [6.45, 7) is 0.207. The van der Waals surface area contributed by atoms with E-state index < -0.39 is 11.8 Å². The fraction of sp³-hybridized carbons (Fsp3) is 0.0526. The molecule has 0 aliphatic carbocycles. The summed E-state index contributed by atoms with van der Waals surface area (Å²) < 4.78 is 11.1. The number of furan rings is 2. The van der Waals surface area contributed by atoms with Crippen molar-refractivity contribution < 1.29 is 18.4 Å². The van der Waals surface area contributed by atoms with E-state index in [1.165, 1.54) is 18.6 Å². The van der Waals surface area contributed by atoms with Gasteiger partial charge in [-0.2, -0.15) is 0 Å². The van der Waals surface area contributed by atoms with Gasteiger partial charge in [-0.3, -0.25) is 9.59 Å². The summed E-state index contributed by atoms with van der Waals surface area (Å²) in [5, 5.41) is 5.30. The van der Waals surface area contributed by atoms with E-state index in [2.05, 4.69) is 26.6 Å². The summed E-state index contributed by atoms with van der Waals surface area (Å²) in [5.41, 5.74) is 0.846. The van der Waals surface area contributed by atoms with E-state index in [1.807, 2.05) is 24.3 Å². The Labute approximate surface area is 158 Å². The van der Waals surface area contributed by atoms with Gasteiger partial charge < -0.3 is 19.5 Å². The maximum Gasteiger partial charge on any atom is 0.291 e. The van der Waals surface area contributed by atoms with E-state index in [4.69, 9.17) is 8.83 Å². The van der Waals surface area contributed by atoms with Crippen LogP contribution >= 0.6 is 15.9 Å². The van der Waals surface area contributed by atoms with E-state index >= 15 is 0 Å². The second-order valence-electron chi connectivity index (χ2n) is 5.31. The van der Waals surface area contributed by atoms with Gasteiger partial charge in [0.15, 0.2) is 5.76 Å². The SMILES string of the molecule is O=C(NCc1ccco1)/C(=C/c1cccc(Br)c1)NC(=O)c1ccco1. The van der Waals surface area contributed by atoms with Crippen LogP contribution < -0.4 is 10.6 Å². The second-order valence-corrected chi connectivity index (χ2v) is 6.22. The molecular formula is C19H15BrN2O4. The van der Waals surface area contributed by atoms with Gasteiger partial charge in [-0.15, -0.1) is 0 Å². The number of halogens is 1. The lowest BCUT2D eigenvalue weighted by Crippen LogP contribution is -2.34. The molecule has 7 heteroatoms. The van der Waals surface area contributed by atoms with Crippen LogP contribution in [0, 0.1) is 0 Å². The summed E-state index contributed by atoms with van der Waals surface area (Å²) in [6.07, 6.45) is 4.51. The Balaban J connectivity index is 1.80. The summed E-state index contributed by atoms with van der Waals surface area (Å²) >= 11 is 3.38. The molecule has 0 aliphatic rings. The van der Waals surface area contributed by atoms with Crippen molar-refractivity contribution in [2.45, 2.75) is 6.54 Å². The minimum absolute atomic E-state index is 0.0936. The number of amides is 2. The highest BCUT2D eigenvalue weighted by Gasteiger charge is 2.16. The Morgan fingerprint density at radius 3 is 2.54 bits per heavy atom. The molecule has 26 heavy (non-hydrogen) atoms. The zero-order chi connectivity index (χ0) is 18.4. The third-order valence-corrected chi connectivity index (χ3v) is 3.89. The zero-order valence-electron chi connectivity index (χ0n) is 13.6. The van der Waals surface area contributed by atoms with Crippen LogP contribution in [-0.2, 0) is 11.3 Å². The zero-order valence-corrected chi connectivity index (χ0v) is 15.2. The summed E-state index contributed by atoms with van der Waals surface area (Å²) in [7, 11) is 0. The van der Waals surface area contributed by atoms with Crippen molar-refractivity contribution in [1.82, 2.24) is 10.6 Å². The monoisotopic (exact) mass is 414 g/mol. The molecular weight excluding hydrogens is 400 g/mol. The molecule has 0 spiro atoms. The summed E-state index contributed by atoms with van der Waals surface area (Å²) in [5.74, 6) is -0.229. The minimum Gasteiger partial charge on any atom is -0.467 e. The molecule has 0 fully saturated rings. The van der Waals surface area contributed by atoms with E-state index in [0.29, 0.717) is 5.76 Å². The van der Waals surface area contributed by atoms with Crippen LogP contribution in [0.25, 0.3) is 6.08 Å². The lowest BCUT2D eigenvalue weighted by atomic mass is 10.2. The molecule has 2 N–H and O–H groups in total. The van der Waals surface area contributed by atoms with Crippen molar-refractivity contribution in [3.8, 4) is 0 Å². The fourth-order valence-corrected chi connectivity index (χ4v) is 2.61. The Morgan fingerprint density at radius 1 is 1.04 bits per heavy atom. The quantitative estimate of drug-likeness (QED) is 0.601. The number of carbonyl (C=O) groups excluding carboxylic acids is 2. The number of benzene rings is 1. The molecule has 3 aromatic rings.